The molecule has 5 nitrogen and oxygen atoms in total. The highest BCUT2D eigenvalue weighted by atomic mass is 32.1. The summed E-state index contributed by atoms with van der Waals surface area (Å²) in [6.07, 6.45) is 1.64. The first-order valence-electron chi connectivity index (χ1n) is 5.85. The molecule has 1 N–H and O–H groups in total. The summed E-state index contributed by atoms with van der Waals surface area (Å²) < 4.78 is 1.60. The third-order valence-corrected chi connectivity index (χ3v) is 3.44. The molecule has 0 spiro atoms. The average Bonchev–Trinajstić information content (AvgIpc) is 2.96. The third kappa shape index (κ3) is 2.48. The van der Waals surface area contributed by atoms with Crippen molar-refractivity contribution >= 4 is 22.2 Å². The minimum absolute atomic E-state index is 0.181. The predicted octanol–water partition coefficient (Wildman–Crippen LogP) is 2.03. The van der Waals surface area contributed by atoms with Crippen LogP contribution >= 0.6 is 11.3 Å². The van der Waals surface area contributed by atoms with Crippen LogP contribution in [0.2, 0.25) is 0 Å². The molecule has 1 amide bonds. The number of rotatable bonds is 3. The number of carbonyl (C=O) groups excluding carboxylic acids is 1. The van der Waals surface area contributed by atoms with Gasteiger partial charge in [0.05, 0.1) is 6.20 Å². The number of hydrogen-bond acceptors (Lipinski definition) is 4. The zero-order valence-electron chi connectivity index (χ0n) is 10.3. The van der Waals surface area contributed by atoms with E-state index in [1.165, 1.54) is 16.9 Å². The Hall–Kier alpha value is -2.21. The van der Waals surface area contributed by atoms with E-state index in [4.69, 9.17) is 0 Å². The van der Waals surface area contributed by atoms with Crippen LogP contribution in [-0.2, 0) is 6.54 Å². The summed E-state index contributed by atoms with van der Waals surface area (Å²) in [6, 6.07) is 8.04. The molecule has 2 aromatic heterocycles. The Labute approximate surface area is 113 Å². The van der Waals surface area contributed by atoms with Gasteiger partial charge in [-0.2, -0.15) is 5.10 Å². The van der Waals surface area contributed by atoms with Gasteiger partial charge in [-0.3, -0.25) is 4.79 Å². The average molecular weight is 272 g/mol. The molecular formula is C13H12N4OS. The lowest BCUT2D eigenvalue weighted by molar-refractivity contribution is 0.0946. The molecule has 2 heterocycles. The van der Waals surface area contributed by atoms with Gasteiger partial charge < -0.3 is 5.32 Å². The first-order valence-corrected chi connectivity index (χ1v) is 6.73. The molecule has 0 atom stereocenters. The second-order valence-electron chi connectivity index (χ2n) is 4.26. The lowest BCUT2D eigenvalue weighted by Gasteiger charge is -2.04. The number of amides is 1. The Morgan fingerprint density at radius 2 is 2.37 bits per heavy atom. The van der Waals surface area contributed by atoms with Crippen LogP contribution in [-0.4, -0.2) is 20.5 Å². The van der Waals surface area contributed by atoms with Gasteiger partial charge in [0, 0.05) is 6.54 Å². The highest BCUT2D eigenvalue weighted by molar-refractivity contribution is 7.14. The van der Waals surface area contributed by atoms with Gasteiger partial charge in [-0.05, 0) is 12.5 Å². The fraction of sp³-hybridized carbons (Fsp3) is 0.154. The first kappa shape index (κ1) is 11.9. The SMILES string of the molecule is Cc1cccc(CNC(=O)c2cn3ncsc3n2)c1. The van der Waals surface area contributed by atoms with E-state index in [-0.39, 0.29) is 5.91 Å². The number of imidazole rings is 1. The Morgan fingerprint density at radius 3 is 3.16 bits per heavy atom. The summed E-state index contributed by atoms with van der Waals surface area (Å²) in [5.74, 6) is -0.181. The summed E-state index contributed by atoms with van der Waals surface area (Å²) >= 11 is 1.40. The number of fused-ring (bicyclic) bond motifs is 1. The summed E-state index contributed by atoms with van der Waals surface area (Å²) in [5.41, 5.74) is 4.34. The van der Waals surface area contributed by atoms with Gasteiger partial charge >= 0.3 is 0 Å². The van der Waals surface area contributed by atoms with Crippen LogP contribution in [0, 0.1) is 6.92 Å². The summed E-state index contributed by atoms with van der Waals surface area (Å²) in [5, 5.41) is 6.90. The van der Waals surface area contributed by atoms with Crippen LogP contribution in [0.4, 0.5) is 0 Å². The smallest absolute Gasteiger partial charge is 0.271 e. The van der Waals surface area contributed by atoms with Crippen LogP contribution in [0.15, 0.2) is 36.0 Å². The van der Waals surface area contributed by atoms with Crippen molar-refractivity contribution in [1.82, 2.24) is 19.9 Å². The fourth-order valence-electron chi connectivity index (χ4n) is 1.84. The lowest BCUT2D eigenvalue weighted by atomic mass is 10.1. The van der Waals surface area contributed by atoms with Crippen molar-refractivity contribution in [2.24, 2.45) is 0 Å². The van der Waals surface area contributed by atoms with Crippen molar-refractivity contribution in [3.63, 3.8) is 0 Å². The van der Waals surface area contributed by atoms with Crippen molar-refractivity contribution in [2.45, 2.75) is 13.5 Å². The van der Waals surface area contributed by atoms with Crippen molar-refractivity contribution < 1.29 is 4.79 Å². The van der Waals surface area contributed by atoms with Gasteiger partial charge in [0.25, 0.3) is 5.91 Å². The van der Waals surface area contributed by atoms with Crippen LogP contribution < -0.4 is 5.32 Å². The number of benzene rings is 1. The maximum Gasteiger partial charge on any atom is 0.271 e. The lowest BCUT2D eigenvalue weighted by Crippen LogP contribution is -2.23. The molecular weight excluding hydrogens is 260 g/mol. The zero-order chi connectivity index (χ0) is 13.2. The maximum atomic E-state index is 12.0. The van der Waals surface area contributed by atoms with E-state index in [2.05, 4.69) is 15.4 Å². The molecule has 6 heteroatoms. The molecule has 3 rings (SSSR count). The molecule has 0 fully saturated rings. The van der Waals surface area contributed by atoms with Crippen LogP contribution in [0.25, 0.3) is 4.96 Å². The second kappa shape index (κ2) is 4.81. The minimum Gasteiger partial charge on any atom is -0.347 e. The predicted molar refractivity (Wildman–Crippen MR) is 73.2 cm³/mol. The van der Waals surface area contributed by atoms with Crippen molar-refractivity contribution in [3.8, 4) is 0 Å². The summed E-state index contributed by atoms with van der Waals surface area (Å²) in [6.45, 7) is 2.53. The van der Waals surface area contributed by atoms with E-state index < -0.39 is 0 Å². The molecule has 0 aliphatic heterocycles. The summed E-state index contributed by atoms with van der Waals surface area (Å²) in [7, 11) is 0. The molecule has 0 radical (unpaired) electrons. The molecule has 0 aliphatic carbocycles. The number of nitrogens with one attached hydrogen (secondary N) is 1. The van der Waals surface area contributed by atoms with Gasteiger partial charge in [0.1, 0.15) is 11.2 Å². The van der Waals surface area contributed by atoms with Gasteiger partial charge in [-0.15, -0.1) is 0 Å². The molecule has 0 saturated heterocycles. The third-order valence-electron chi connectivity index (χ3n) is 2.75. The molecule has 0 saturated carbocycles. The fourth-order valence-corrected chi connectivity index (χ4v) is 2.45. The topological polar surface area (TPSA) is 59.3 Å². The Morgan fingerprint density at radius 1 is 1.47 bits per heavy atom. The van der Waals surface area contributed by atoms with E-state index in [9.17, 15) is 4.79 Å². The highest BCUT2D eigenvalue weighted by Crippen LogP contribution is 2.09. The molecule has 96 valence electrons. The van der Waals surface area contributed by atoms with Gasteiger partial charge in [-0.1, -0.05) is 41.2 Å². The Bertz CT molecular complexity index is 702. The Balaban J connectivity index is 1.70. The zero-order valence-corrected chi connectivity index (χ0v) is 11.1. The monoisotopic (exact) mass is 272 g/mol. The van der Waals surface area contributed by atoms with Crippen molar-refractivity contribution in [3.05, 3.63) is 52.8 Å². The largest absolute Gasteiger partial charge is 0.347 e. The van der Waals surface area contributed by atoms with Gasteiger partial charge in [-0.25, -0.2) is 9.50 Å². The van der Waals surface area contributed by atoms with Crippen LogP contribution in [0.1, 0.15) is 21.6 Å². The minimum atomic E-state index is -0.181. The summed E-state index contributed by atoms with van der Waals surface area (Å²) in [4.78, 5) is 16.9. The molecule has 1 aromatic carbocycles. The molecule has 0 bridgehead atoms. The second-order valence-corrected chi connectivity index (χ2v) is 5.08. The van der Waals surface area contributed by atoms with Crippen molar-refractivity contribution in [1.29, 1.82) is 0 Å². The van der Waals surface area contributed by atoms with E-state index in [0.29, 0.717) is 12.2 Å². The molecule has 0 unspecified atom stereocenters. The highest BCUT2D eigenvalue weighted by Gasteiger charge is 2.11. The maximum absolute atomic E-state index is 12.0. The van der Waals surface area contributed by atoms with Crippen LogP contribution in [0.5, 0.6) is 0 Å². The first-order chi connectivity index (χ1) is 9.22. The molecule has 3 aromatic rings. The molecule has 19 heavy (non-hydrogen) atoms. The van der Waals surface area contributed by atoms with E-state index in [1.54, 1.807) is 16.2 Å². The number of nitrogens with zero attached hydrogens (tertiary/aromatic N) is 3. The standard InChI is InChI=1S/C13H12N4OS/c1-9-3-2-4-10(5-9)6-14-12(18)11-7-17-13(16-11)19-8-15-17/h2-5,7-8H,6H2,1H3,(H,14,18). The van der Waals surface area contributed by atoms with Gasteiger partial charge in [0.2, 0.25) is 4.96 Å². The normalized spacial score (nSPS) is 10.8. The number of aryl methyl sites for hydroxylation is 1. The number of carbonyl (C=O) groups is 1. The van der Waals surface area contributed by atoms with Crippen LogP contribution in [0.3, 0.4) is 0 Å². The van der Waals surface area contributed by atoms with Gasteiger partial charge in [0.15, 0.2) is 0 Å². The number of hydrogen-bond donors (Lipinski definition) is 1. The number of aromatic nitrogens is 3. The van der Waals surface area contributed by atoms with E-state index >= 15 is 0 Å². The Kier molecular flexibility index (Phi) is 3.00. The quantitative estimate of drug-likeness (QED) is 0.793. The van der Waals surface area contributed by atoms with E-state index in [1.807, 2.05) is 31.2 Å². The van der Waals surface area contributed by atoms with E-state index in [0.717, 1.165) is 10.5 Å². The van der Waals surface area contributed by atoms with Crippen molar-refractivity contribution in [2.75, 3.05) is 0 Å². The molecule has 0 aliphatic rings.